The van der Waals surface area contributed by atoms with Crippen LogP contribution in [0, 0.1) is 0 Å². The second-order valence-corrected chi connectivity index (χ2v) is 5.13. The van der Waals surface area contributed by atoms with Crippen molar-refractivity contribution < 1.29 is 28.2 Å². The van der Waals surface area contributed by atoms with Crippen LogP contribution in [0.3, 0.4) is 0 Å². The lowest BCUT2D eigenvalue weighted by atomic mass is 10.2. The van der Waals surface area contributed by atoms with Gasteiger partial charge in [0.05, 0.1) is 5.69 Å². The van der Waals surface area contributed by atoms with Gasteiger partial charge in [0.2, 0.25) is 0 Å². The van der Waals surface area contributed by atoms with Crippen LogP contribution in [0.5, 0.6) is 11.5 Å². The summed E-state index contributed by atoms with van der Waals surface area (Å²) in [5.41, 5.74) is 0.249. The molecule has 9 heteroatoms. The molecule has 0 aliphatic carbocycles. The van der Waals surface area contributed by atoms with E-state index >= 15 is 0 Å². The largest absolute Gasteiger partial charge is 0.586 e. The van der Waals surface area contributed by atoms with Crippen LogP contribution in [0.1, 0.15) is 10.4 Å². The van der Waals surface area contributed by atoms with Crippen molar-refractivity contribution in [3.8, 4) is 11.5 Å². The predicted octanol–water partition coefficient (Wildman–Crippen LogP) is 3.61. The van der Waals surface area contributed by atoms with Gasteiger partial charge < -0.3 is 19.9 Å². The number of rotatable bonds is 3. The molecule has 1 aromatic heterocycles. The van der Waals surface area contributed by atoms with Crippen molar-refractivity contribution in [2.24, 2.45) is 0 Å². The van der Waals surface area contributed by atoms with E-state index in [9.17, 15) is 13.6 Å². The average Bonchev–Trinajstić information content (AvgIpc) is 2.72. The number of aromatic carboxylic acids is 1. The number of halogens is 3. The van der Waals surface area contributed by atoms with Crippen molar-refractivity contribution in [2.45, 2.75) is 6.29 Å². The van der Waals surface area contributed by atoms with Gasteiger partial charge in [-0.2, -0.15) is 0 Å². The van der Waals surface area contributed by atoms with Crippen LogP contribution in [0.4, 0.5) is 20.3 Å². The third-order valence-corrected chi connectivity index (χ3v) is 3.44. The molecule has 2 N–H and O–H groups in total. The van der Waals surface area contributed by atoms with E-state index < -0.39 is 12.3 Å². The number of carbonyl (C=O) groups is 1. The summed E-state index contributed by atoms with van der Waals surface area (Å²) in [5.74, 6) is -1.38. The first-order valence-electron chi connectivity index (χ1n) is 5.90. The van der Waals surface area contributed by atoms with E-state index in [1.807, 2.05) is 0 Å². The number of anilines is 2. The summed E-state index contributed by atoms with van der Waals surface area (Å²) < 4.78 is 35.1. The zero-order valence-electron chi connectivity index (χ0n) is 10.6. The Morgan fingerprint density at radius 3 is 2.68 bits per heavy atom. The highest BCUT2D eigenvalue weighted by Crippen LogP contribution is 2.45. The summed E-state index contributed by atoms with van der Waals surface area (Å²) in [6.45, 7) is 0. The van der Waals surface area contributed by atoms with Gasteiger partial charge in [-0.05, 0) is 28.1 Å². The summed E-state index contributed by atoms with van der Waals surface area (Å²) in [5, 5.41) is 11.9. The maximum absolute atomic E-state index is 13.0. The molecule has 0 bridgehead atoms. The molecule has 0 atom stereocenters. The monoisotopic (exact) mass is 372 g/mol. The van der Waals surface area contributed by atoms with Crippen LogP contribution in [-0.4, -0.2) is 22.4 Å². The number of benzene rings is 1. The van der Waals surface area contributed by atoms with Crippen LogP contribution in [0.2, 0.25) is 0 Å². The summed E-state index contributed by atoms with van der Waals surface area (Å²) in [6, 6.07) is 5.40. The standard InChI is InChI=1S/C13H7BrF2N2O4/c14-7-4-9-10(22-13(15,16)21-9)5-8(7)18-11-6(12(19)20)2-1-3-17-11/h1-5H,(H,17,18)(H,19,20). The Morgan fingerprint density at radius 2 is 2.00 bits per heavy atom. The first-order chi connectivity index (χ1) is 10.4. The second kappa shape index (κ2) is 5.09. The van der Waals surface area contributed by atoms with E-state index in [1.165, 1.54) is 30.5 Å². The molecular formula is C13H7BrF2N2O4. The molecule has 1 aliphatic heterocycles. The van der Waals surface area contributed by atoms with E-state index in [0.717, 1.165) is 0 Å². The van der Waals surface area contributed by atoms with Gasteiger partial charge in [0.1, 0.15) is 11.4 Å². The maximum atomic E-state index is 13.0. The van der Waals surface area contributed by atoms with Gasteiger partial charge in [0.15, 0.2) is 11.5 Å². The van der Waals surface area contributed by atoms with Crippen molar-refractivity contribution in [3.05, 3.63) is 40.5 Å². The molecule has 3 rings (SSSR count). The fraction of sp³-hybridized carbons (Fsp3) is 0.0769. The van der Waals surface area contributed by atoms with Crippen LogP contribution >= 0.6 is 15.9 Å². The molecule has 0 saturated carbocycles. The van der Waals surface area contributed by atoms with Crippen molar-refractivity contribution in [1.29, 1.82) is 0 Å². The summed E-state index contributed by atoms with van der Waals surface area (Å²) in [4.78, 5) is 15.1. The average molecular weight is 373 g/mol. The van der Waals surface area contributed by atoms with Crippen LogP contribution in [0.25, 0.3) is 0 Å². The summed E-state index contributed by atoms with van der Waals surface area (Å²) in [7, 11) is 0. The molecule has 0 fully saturated rings. The minimum atomic E-state index is -3.72. The molecule has 114 valence electrons. The molecule has 22 heavy (non-hydrogen) atoms. The van der Waals surface area contributed by atoms with E-state index in [-0.39, 0.29) is 22.9 Å². The smallest absolute Gasteiger partial charge is 0.478 e. The Balaban J connectivity index is 1.97. The Bertz CT molecular complexity index is 770. The van der Waals surface area contributed by atoms with Crippen LogP contribution in [-0.2, 0) is 0 Å². The van der Waals surface area contributed by atoms with Crippen molar-refractivity contribution >= 4 is 33.4 Å². The Hall–Kier alpha value is -2.42. The van der Waals surface area contributed by atoms with Gasteiger partial charge in [-0.3, -0.25) is 0 Å². The summed E-state index contributed by atoms with van der Waals surface area (Å²) >= 11 is 3.19. The molecule has 0 saturated heterocycles. The van der Waals surface area contributed by atoms with Gasteiger partial charge in [-0.15, -0.1) is 8.78 Å². The van der Waals surface area contributed by atoms with Gasteiger partial charge >= 0.3 is 12.3 Å². The van der Waals surface area contributed by atoms with Crippen molar-refractivity contribution in [1.82, 2.24) is 4.98 Å². The number of carboxylic acids is 1. The molecule has 0 amide bonds. The topological polar surface area (TPSA) is 80.7 Å². The number of nitrogens with one attached hydrogen (secondary N) is 1. The first kappa shape index (κ1) is 14.5. The molecular weight excluding hydrogens is 366 g/mol. The number of fused-ring (bicyclic) bond motifs is 1. The number of aromatic nitrogens is 1. The fourth-order valence-corrected chi connectivity index (χ4v) is 2.29. The Labute approximate surface area is 130 Å². The number of hydrogen-bond acceptors (Lipinski definition) is 5. The molecule has 1 aliphatic rings. The van der Waals surface area contributed by atoms with Gasteiger partial charge in [0.25, 0.3) is 0 Å². The normalized spacial score (nSPS) is 14.7. The minimum absolute atomic E-state index is 0.0580. The number of nitrogens with zero attached hydrogens (tertiary/aromatic N) is 1. The van der Waals surface area contributed by atoms with Gasteiger partial charge in [-0.1, -0.05) is 0 Å². The Morgan fingerprint density at radius 1 is 1.32 bits per heavy atom. The first-order valence-corrected chi connectivity index (χ1v) is 6.70. The predicted molar refractivity (Wildman–Crippen MR) is 74.8 cm³/mol. The quantitative estimate of drug-likeness (QED) is 0.856. The highest BCUT2D eigenvalue weighted by atomic mass is 79.9. The maximum Gasteiger partial charge on any atom is 0.586 e. The lowest BCUT2D eigenvalue weighted by molar-refractivity contribution is -0.286. The Kier molecular flexibility index (Phi) is 3.36. The zero-order chi connectivity index (χ0) is 15.9. The molecule has 0 spiro atoms. The number of pyridine rings is 1. The molecule has 6 nitrogen and oxygen atoms in total. The molecule has 0 unspecified atom stereocenters. The summed E-state index contributed by atoms with van der Waals surface area (Å²) in [6.07, 6.45) is -2.32. The van der Waals surface area contributed by atoms with E-state index in [4.69, 9.17) is 5.11 Å². The zero-order valence-corrected chi connectivity index (χ0v) is 12.2. The van der Waals surface area contributed by atoms with Gasteiger partial charge in [-0.25, -0.2) is 9.78 Å². The van der Waals surface area contributed by atoms with Crippen LogP contribution < -0.4 is 14.8 Å². The number of carboxylic acid groups (broad SMARTS) is 1. The fourth-order valence-electron chi connectivity index (χ4n) is 1.87. The van der Waals surface area contributed by atoms with E-state index in [1.54, 1.807) is 0 Å². The minimum Gasteiger partial charge on any atom is -0.478 e. The number of hydrogen-bond donors (Lipinski definition) is 2. The number of alkyl halides is 2. The third-order valence-electron chi connectivity index (χ3n) is 2.78. The number of ether oxygens (including phenoxy) is 2. The highest BCUT2D eigenvalue weighted by molar-refractivity contribution is 9.10. The third kappa shape index (κ3) is 2.67. The van der Waals surface area contributed by atoms with E-state index in [0.29, 0.717) is 10.2 Å². The highest BCUT2D eigenvalue weighted by Gasteiger charge is 2.43. The lowest BCUT2D eigenvalue weighted by Crippen LogP contribution is -2.25. The molecule has 2 aromatic rings. The van der Waals surface area contributed by atoms with E-state index in [2.05, 4.69) is 35.7 Å². The van der Waals surface area contributed by atoms with Crippen LogP contribution in [0.15, 0.2) is 34.9 Å². The van der Waals surface area contributed by atoms with Crippen molar-refractivity contribution in [2.75, 3.05) is 5.32 Å². The van der Waals surface area contributed by atoms with Crippen molar-refractivity contribution in [3.63, 3.8) is 0 Å². The SMILES string of the molecule is O=C(O)c1cccnc1Nc1cc2c(cc1Br)OC(F)(F)O2. The molecule has 0 radical (unpaired) electrons. The van der Waals surface area contributed by atoms with Gasteiger partial charge in [0, 0.05) is 22.8 Å². The molecule has 1 aromatic carbocycles. The second-order valence-electron chi connectivity index (χ2n) is 4.28. The molecule has 2 heterocycles. The lowest BCUT2D eigenvalue weighted by Gasteiger charge is -2.10.